The molecule has 37 heavy (non-hydrogen) atoms. The zero-order valence-corrected chi connectivity index (χ0v) is 21.5. The van der Waals surface area contributed by atoms with Crippen molar-refractivity contribution in [1.82, 2.24) is 4.90 Å². The Balaban J connectivity index is 1.40. The van der Waals surface area contributed by atoms with Gasteiger partial charge < -0.3 is 33.7 Å². The van der Waals surface area contributed by atoms with Gasteiger partial charge in [-0.15, -0.1) is 0 Å². The fourth-order valence-corrected chi connectivity index (χ4v) is 4.20. The van der Waals surface area contributed by atoms with Gasteiger partial charge in [0.15, 0.2) is 17.3 Å². The van der Waals surface area contributed by atoms with E-state index in [0.717, 1.165) is 5.69 Å². The molecular formula is C28H33N3O6. The Kier molecular flexibility index (Phi) is 8.56. The molecule has 0 bridgehead atoms. The molecule has 196 valence electrons. The van der Waals surface area contributed by atoms with Crippen LogP contribution in [0.5, 0.6) is 17.2 Å². The first kappa shape index (κ1) is 25.9. The van der Waals surface area contributed by atoms with Gasteiger partial charge in [-0.3, -0.25) is 9.59 Å². The second-order valence-electron chi connectivity index (χ2n) is 8.36. The number of carbonyl (C=O) groups excluding carboxylic acids is 2. The molecule has 1 fully saturated rings. The summed E-state index contributed by atoms with van der Waals surface area (Å²) in [6.45, 7) is 9.61. The lowest BCUT2D eigenvalue weighted by molar-refractivity contribution is 0.0714. The quantitative estimate of drug-likeness (QED) is 0.426. The van der Waals surface area contributed by atoms with E-state index in [1.165, 1.54) is 6.26 Å². The van der Waals surface area contributed by atoms with Crippen LogP contribution in [0.15, 0.2) is 59.2 Å². The summed E-state index contributed by atoms with van der Waals surface area (Å²) in [5.41, 5.74) is 2.11. The van der Waals surface area contributed by atoms with E-state index in [-0.39, 0.29) is 11.8 Å². The normalized spacial score (nSPS) is 13.3. The molecule has 1 N–H and O–H groups in total. The van der Waals surface area contributed by atoms with Gasteiger partial charge in [0.2, 0.25) is 5.75 Å². The molecule has 0 saturated carbocycles. The monoisotopic (exact) mass is 507 g/mol. The smallest absolute Gasteiger partial charge is 0.289 e. The molecule has 2 amide bonds. The van der Waals surface area contributed by atoms with Crippen LogP contribution in [-0.4, -0.2) is 62.7 Å². The summed E-state index contributed by atoms with van der Waals surface area (Å²) in [6.07, 6.45) is 1.51. The summed E-state index contributed by atoms with van der Waals surface area (Å²) in [4.78, 5) is 29.6. The maximum Gasteiger partial charge on any atom is 0.289 e. The molecule has 1 aliphatic heterocycles. The highest BCUT2D eigenvalue weighted by atomic mass is 16.5. The van der Waals surface area contributed by atoms with E-state index in [1.54, 1.807) is 29.2 Å². The average Bonchev–Trinajstić information content (AvgIpc) is 3.46. The van der Waals surface area contributed by atoms with Crippen molar-refractivity contribution in [1.29, 1.82) is 0 Å². The number of amides is 2. The second kappa shape index (κ2) is 12.2. The van der Waals surface area contributed by atoms with Crippen molar-refractivity contribution in [3.05, 3.63) is 66.1 Å². The number of furan rings is 1. The standard InChI is InChI=1S/C28H33N3O6/c1-4-34-24-18-20(19-25(35-5-2)26(24)36-6-3)27(32)29-21-9-11-22(12-10-21)30-13-15-31(16-14-30)28(33)23-8-7-17-37-23/h7-12,17-19H,4-6,13-16H2,1-3H3,(H,29,32). The van der Waals surface area contributed by atoms with Crippen LogP contribution in [0.2, 0.25) is 0 Å². The van der Waals surface area contributed by atoms with Crippen molar-refractivity contribution in [2.24, 2.45) is 0 Å². The van der Waals surface area contributed by atoms with Crippen molar-refractivity contribution in [2.45, 2.75) is 20.8 Å². The molecule has 0 spiro atoms. The summed E-state index contributed by atoms with van der Waals surface area (Å²) in [6, 6.07) is 14.4. The summed E-state index contributed by atoms with van der Waals surface area (Å²) in [7, 11) is 0. The Hall–Kier alpha value is -4.14. The van der Waals surface area contributed by atoms with E-state index in [1.807, 2.05) is 45.0 Å². The molecule has 0 radical (unpaired) electrons. The van der Waals surface area contributed by atoms with Gasteiger partial charge in [0, 0.05) is 43.1 Å². The van der Waals surface area contributed by atoms with Crippen LogP contribution >= 0.6 is 0 Å². The first-order chi connectivity index (χ1) is 18.0. The van der Waals surface area contributed by atoms with E-state index < -0.39 is 0 Å². The first-order valence-electron chi connectivity index (χ1n) is 12.6. The molecule has 2 heterocycles. The summed E-state index contributed by atoms with van der Waals surface area (Å²) in [5.74, 6) is 1.45. The van der Waals surface area contributed by atoms with Crippen LogP contribution in [0.1, 0.15) is 41.7 Å². The fourth-order valence-electron chi connectivity index (χ4n) is 4.20. The van der Waals surface area contributed by atoms with Gasteiger partial charge in [-0.25, -0.2) is 0 Å². The largest absolute Gasteiger partial charge is 0.490 e. The van der Waals surface area contributed by atoms with Crippen LogP contribution in [0.4, 0.5) is 11.4 Å². The topological polar surface area (TPSA) is 93.5 Å². The maximum absolute atomic E-state index is 13.1. The summed E-state index contributed by atoms with van der Waals surface area (Å²) in [5, 5.41) is 2.94. The van der Waals surface area contributed by atoms with E-state index in [9.17, 15) is 9.59 Å². The number of nitrogens with zero attached hydrogens (tertiary/aromatic N) is 2. The van der Waals surface area contributed by atoms with Gasteiger partial charge in [0.05, 0.1) is 26.1 Å². The first-order valence-corrected chi connectivity index (χ1v) is 12.6. The minimum Gasteiger partial charge on any atom is -0.490 e. The fraction of sp³-hybridized carbons (Fsp3) is 0.357. The lowest BCUT2D eigenvalue weighted by Crippen LogP contribution is -2.48. The molecular weight excluding hydrogens is 474 g/mol. The number of carbonyl (C=O) groups is 2. The van der Waals surface area contributed by atoms with Crippen LogP contribution in [0.3, 0.4) is 0 Å². The van der Waals surface area contributed by atoms with E-state index in [0.29, 0.717) is 80.3 Å². The summed E-state index contributed by atoms with van der Waals surface area (Å²) < 4.78 is 22.4. The van der Waals surface area contributed by atoms with Crippen LogP contribution in [0.25, 0.3) is 0 Å². The van der Waals surface area contributed by atoms with Gasteiger partial charge in [-0.05, 0) is 69.3 Å². The molecule has 9 nitrogen and oxygen atoms in total. The predicted octanol–water partition coefficient (Wildman–Crippen LogP) is 4.69. The Morgan fingerprint density at radius 2 is 1.49 bits per heavy atom. The number of hydrogen-bond acceptors (Lipinski definition) is 7. The van der Waals surface area contributed by atoms with Crippen molar-refractivity contribution in [3.63, 3.8) is 0 Å². The molecule has 0 atom stereocenters. The molecule has 9 heteroatoms. The molecule has 1 aliphatic rings. The molecule has 1 aromatic heterocycles. The number of nitrogens with one attached hydrogen (secondary N) is 1. The highest BCUT2D eigenvalue weighted by molar-refractivity contribution is 6.05. The molecule has 1 saturated heterocycles. The number of ether oxygens (including phenoxy) is 3. The molecule has 2 aromatic carbocycles. The summed E-state index contributed by atoms with van der Waals surface area (Å²) >= 11 is 0. The van der Waals surface area contributed by atoms with Crippen molar-refractivity contribution >= 4 is 23.2 Å². The minimum atomic E-state index is -0.275. The number of hydrogen-bond donors (Lipinski definition) is 1. The Morgan fingerprint density at radius 3 is 2.03 bits per heavy atom. The van der Waals surface area contributed by atoms with Crippen LogP contribution in [-0.2, 0) is 0 Å². The third kappa shape index (κ3) is 6.17. The molecule has 0 unspecified atom stereocenters. The second-order valence-corrected chi connectivity index (χ2v) is 8.36. The maximum atomic E-state index is 13.1. The van der Waals surface area contributed by atoms with Gasteiger partial charge in [-0.2, -0.15) is 0 Å². The predicted molar refractivity (Wildman–Crippen MR) is 141 cm³/mol. The lowest BCUT2D eigenvalue weighted by Gasteiger charge is -2.35. The van der Waals surface area contributed by atoms with Gasteiger partial charge >= 0.3 is 0 Å². The van der Waals surface area contributed by atoms with E-state index in [4.69, 9.17) is 18.6 Å². The Bertz CT molecular complexity index is 1160. The number of benzene rings is 2. The average molecular weight is 508 g/mol. The molecule has 0 aliphatic carbocycles. The van der Waals surface area contributed by atoms with E-state index in [2.05, 4.69) is 10.2 Å². The zero-order valence-electron chi connectivity index (χ0n) is 21.5. The minimum absolute atomic E-state index is 0.0861. The lowest BCUT2D eigenvalue weighted by atomic mass is 10.1. The molecule has 3 aromatic rings. The van der Waals surface area contributed by atoms with Crippen molar-refractivity contribution in [2.75, 3.05) is 56.2 Å². The molecule has 4 rings (SSSR count). The van der Waals surface area contributed by atoms with E-state index >= 15 is 0 Å². The van der Waals surface area contributed by atoms with Crippen LogP contribution in [0, 0.1) is 0 Å². The Labute approximate surface area is 216 Å². The number of anilines is 2. The third-order valence-electron chi connectivity index (χ3n) is 5.96. The number of rotatable bonds is 10. The Morgan fingerprint density at radius 1 is 0.865 bits per heavy atom. The zero-order chi connectivity index (χ0) is 26.2. The SMILES string of the molecule is CCOc1cc(C(=O)Nc2ccc(N3CCN(C(=O)c4ccco4)CC3)cc2)cc(OCC)c1OCC. The highest BCUT2D eigenvalue weighted by Gasteiger charge is 2.24. The van der Waals surface area contributed by atoms with Gasteiger partial charge in [0.1, 0.15) is 0 Å². The van der Waals surface area contributed by atoms with Gasteiger partial charge in [0.25, 0.3) is 11.8 Å². The van der Waals surface area contributed by atoms with Gasteiger partial charge in [-0.1, -0.05) is 0 Å². The third-order valence-corrected chi connectivity index (χ3v) is 5.96. The number of piperazine rings is 1. The van der Waals surface area contributed by atoms with Crippen LogP contribution < -0.4 is 24.4 Å². The van der Waals surface area contributed by atoms with Crippen molar-refractivity contribution < 1.29 is 28.2 Å². The highest BCUT2D eigenvalue weighted by Crippen LogP contribution is 2.39. The van der Waals surface area contributed by atoms with Crippen molar-refractivity contribution in [3.8, 4) is 17.2 Å².